The van der Waals surface area contributed by atoms with Crippen LogP contribution < -0.4 is 4.90 Å². The Kier molecular flexibility index (Phi) is 6.60. The van der Waals surface area contributed by atoms with Crippen LogP contribution in [0.2, 0.25) is 0 Å². The Morgan fingerprint density at radius 3 is 2.76 bits per heavy atom. The van der Waals surface area contributed by atoms with Gasteiger partial charge < -0.3 is 4.74 Å². The molecule has 3 aromatic rings. The first-order chi connectivity index (χ1) is 14.2. The lowest BCUT2D eigenvalue weighted by Crippen LogP contribution is -2.43. The normalized spacial score (nSPS) is 15.0. The lowest BCUT2D eigenvalue weighted by Gasteiger charge is -2.29. The Balaban J connectivity index is 1.67. The average Bonchev–Trinajstić information content (AvgIpc) is 3.19. The molecule has 1 amide bonds. The van der Waals surface area contributed by atoms with Gasteiger partial charge in [0.1, 0.15) is 0 Å². The van der Waals surface area contributed by atoms with Gasteiger partial charge in [0.25, 0.3) is 5.91 Å². The van der Waals surface area contributed by atoms with Crippen LogP contribution in [0.5, 0.6) is 0 Å². The molecule has 0 radical (unpaired) electrons. The van der Waals surface area contributed by atoms with E-state index in [-0.39, 0.29) is 5.91 Å². The highest BCUT2D eigenvalue weighted by Crippen LogP contribution is 2.32. The van der Waals surface area contributed by atoms with E-state index < -0.39 is 0 Å². The van der Waals surface area contributed by atoms with Gasteiger partial charge in [-0.05, 0) is 46.1 Å². The summed E-state index contributed by atoms with van der Waals surface area (Å²) >= 11 is 5.12. The van der Waals surface area contributed by atoms with Crippen LogP contribution in [-0.4, -0.2) is 55.2 Å². The van der Waals surface area contributed by atoms with Crippen LogP contribution in [0.25, 0.3) is 10.2 Å². The highest BCUT2D eigenvalue weighted by molar-refractivity contribution is 9.10. The van der Waals surface area contributed by atoms with Gasteiger partial charge in [0, 0.05) is 30.7 Å². The molecule has 1 aliphatic rings. The first-order valence-corrected chi connectivity index (χ1v) is 11.5. The van der Waals surface area contributed by atoms with E-state index in [1.54, 1.807) is 11.3 Å². The van der Waals surface area contributed by atoms with Crippen LogP contribution in [0.15, 0.2) is 46.9 Å². The summed E-state index contributed by atoms with van der Waals surface area (Å²) in [4.78, 5) is 22.6. The molecule has 0 unspecified atom stereocenters. The predicted molar refractivity (Wildman–Crippen MR) is 122 cm³/mol. The summed E-state index contributed by atoms with van der Waals surface area (Å²) < 4.78 is 7.37. The number of anilines is 1. The van der Waals surface area contributed by atoms with Gasteiger partial charge in [-0.1, -0.05) is 42.5 Å². The number of carbonyl (C=O) groups is 1. The van der Waals surface area contributed by atoms with Crippen LogP contribution in [0, 0.1) is 0 Å². The molecule has 0 spiro atoms. The summed E-state index contributed by atoms with van der Waals surface area (Å²) in [7, 11) is 0. The van der Waals surface area contributed by atoms with Crippen molar-refractivity contribution in [2.45, 2.75) is 13.3 Å². The molecule has 0 N–H and O–H groups in total. The Hall–Kier alpha value is -1.80. The van der Waals surface area contributed by atoms with Crippen molar-refractivity contribution in [3.05, 3.63) is 58.1 Å². The number of nitrogens with zero attached hydrogens (tertiary/aromatic N) is 3. The summed E-state index contributed by atoms with van der Waals surface area (Å²) in [6, 6.07) is 13.8. The lowest BCUT2D eigenvalue weighted by molar-refractivity contribution is 0.0391. The molecule has 5 nitrogen and oxygen atoms in total. The molecule has 7 heteroatoms. The number of benzene rings is 2. The average molecular weight is 474 g/mol. The van der Waals surface area contributed by atoms with Crippen LogP contribution in [0.1, 0.15) is 22.8 Å². The number of rotatable bonds is 6. The second-order valence-electron chi connectivity index (χ2n) is 7.00. The van der Waals surface area contributed by atoms with Gasteiger partial charge in [-0.2, -0.15) is 0 Å². The van der Waals surface area contributed by atoms with Crippen molar-refractivity contribution in [2.75, 3.05) is 44.3 Å². The SMILES string of the molecule is CCc1cccc2sc(N(CCN3CCOCC3)C(=O)c3ccccc3Br)nc12. The highest BCUT2D eigenvalue weighted by Gasteiger charge is 2.24. The van der Waals surface area contributed by atoms with Crippen molar-refractivity contribution in [2.24, 2.45) is 0 Å². The molecule has 1 aliphatic heterocycles. The van der Waals surface area contributed by atoms with Crippen molar-refractivity contribution < 1.29 is 9.53 Å². The van der Waals surface area contributed by atoms with E-state index in [0.717, 1.165) is 59.1 Å². The second-order valence-corrected chi connectivity index (χ2v) is 8.87. The number of amides is 1. The van der Waals surface area contributed by atoms with E-state index in [1.165, 1.54) is 5.56 Å². The highest BCUT2D eigenvalue weighted by atomic mass is 79.9. The Labute approximate surface area is 183 Å². The fourth-order valence-corrected chi connectivity index (χ4v) is 5.02. The zero-order valence-electron chi connectivity index (χ0n) is 16.4. The van der Waals surface area contributed by atoms with Crippen LogP contribution in [0.3, 0.4) is 0 Å². The van der Waals surface area contributed by atoms with E-state index in [2.05, 4.69) is 46.0 Å². The number of carbonyl (C=O) groups excluding carboxylic acids is 1. The largest absolute Gasteiger partial charge is 0.379 e. The first kappa shape index (κ1) is 20.5. The fourth-order valence-electron chi connectivity index (χ4n) is 3.52. The summed E-state index contributed by atoms with van der Waals surface area (Å²) in [6.45, 7) is 6.83. The number of morpholine rings is 1. The predicted octanol–water partition coefficient (Wildman–Crippen LogP) is 4.60. The molecule has 29 heavy (non-hydrogen) atoms. The first-order valence-electron chi connectivity index (χ1n) is 9.92. The Bertz CT molecular complexity index is 1000. The lowest BCUT2D eigenvalue weighted by atomic mass is 10.1. The number of aromatic nitrogens is 1. The molecule has 1 aromatic heterocycles. The monoisotopic (exact) mass is 473 g/mol. The Morgan fingerprint density at radius 2 is 2.00 bits per heavy atom. The standard InChI is InChI=1S/C22H24BrN3O2S/c1-2-16-6-5-9-19-20(16)24-22(29-19)26(11-10-25-12-14-28-15-13-25)21(27)17-7-3-4-8-18(17)23/h3-9H,2,10-15H2,1H3. The van der Waals surface area contributed by atoms with Gasteiger partial charge in [-0.25, -0.2) is 4.98 Å². The fraction of sp³-hybridized carbons (Fsp3) is 0.364. The summed E-state index contributed by atoms with van der Waals surface area (Å²) in [5.41, 5.74) is 2.88. The molecule has 0 saturated carbocycles. The minimum absolute atomic E-state index is 0.0251. The molecular weight excluding hydrogens is 450 g/mol. The maximum Gasteiger partial charge on any atom is 0.261 e. The van der Waals surface area contributed by atoms with E-state index in [9.17, 15) is 4.79 Å². The number of fused-ring (bicyclic) bond motifs is 1. The molecule has 2 aromatic carbocycles. The van der Waals surface area contributed by atoms with Gasteiger partial charge >= 0.3 is 0 Å². The minimum atomic E-state index is -0.0251. The molecule has 152 valence electrons. The summed E-state index contributed by atoms with van der Waals surface area (Å²) in [5, 5.41) is 0.759. The van der Waals surface area contributed by atoms with Crippen molar-refractivity contribution in [3.63, 3.8) is 0 Å². The number of hydrogen-bond acceptors (Lipinski definition) is 5. The van der Waals surface area contributed by atoms with Crippen LogP contribution >= 0.6 is 27.3 Å². The molecule has 0 atom stereocenters. The van der Waals surface area contributed by atoms with Gasteiger partial charge in [-0.3, -0.25) is 14.6 Å². The smallest absolute Gasteiger partial charge is 0.261 e. The molecule has 1 saturated heterocycles. The van der Waals surface area contributed by atoms with Crippen molar-refractivity contribution in [3.8, 4) is 0 Å². The number of aryl methyl sites for hydroxylation is 1. The summed E-state index contributed by atoms with van der Waals surface area (Å²) in [6.07, 6.45) is 0.923. The molecule has 4 rings (SSSR count). The van der Waals surface area contributed by atoms with E-state index in [4.69, 9.17) is 9.72 Å². The van der Waals surface area contributed by atoms with Crippen molar-refractivity contribution in [1.29, 1.82) is 0 Å². The van der Waals surface area contributed by atoms with E-state index in [0.29, 0.717) is 12.1 Å². The van der Waals surface area contributed by atoms with E-state index >= 15 is 0 Å². The summed E-state index contributed by atoms with van der Waals surface area (Å²) in [5.74, 6) is -0.0251. The van der Waals surface area contributed by atoms with Gasteiger partial charge in [0.15, 0.2) is 5.13 Å². The van der Waals surface area contributed by atoms with Crippen LogP contribution in [0.4, 0.5) is 5.13 Å². The molecule has 0 aliphatic carbocycles. The topological polar surface area (TPSA) is 45.7 Å². The third-order valence-electron chi connectivity index (χ3n) is 5.20. The zero-order chi connectivity index (χ0) is 20.2. The number of thiazole rings is 1. The van der Waals surface area contributed by atoms with Gasteiger partial charge in [0.05, 0.1) is 29.0 Å². The maximum atomic E-state index is 13.5. The van der Waals surface area contributed by atoms with Gasteiger partial charge in [-0.15, -0.1) is 0 Å². The third-order valence-corrected chi connectivity index (χ3v) is 6.93. The second kappa shape index (κ2) is 9.34. The number of ether oxygens (including phenoxy) is 1. The van der Waals surface area contributed by atoms with E-state index in [1.807, 2.05) is 29.2 Å². The maximum absolute atomic E-state index is 13.5. The quantitative estimate of drug-likeness (QED) is 0.524. The van der Waals surface area contributed by atoms with Crippen molar-refractivity contribution >= 4 is 48.5 Å². The molecule has 1 fully saturated rings. The molecule has 2 heterocycles. The zero-order valence-corrected chi connectivity index (χ0v) is 18.8. The molecule has 0 bridgehead atoms. The number of para-hydroxylation sites is 1. The van der Waals surface area contributed by atoms with Crippen LogP contribution in [-0.2, 0) is 11.2 Å². The van der Waals surface area contributed by atoms with Crippen molar-refractivity contribution in [1.82, 2.24) is 9.88 Å². The number of hydrogen-bond donors (Lipinski definition) is 0. The Morgan fingerprint density at radius 1 is 1.21 bits per heavy atom. The third kappa shape index (κ3) is 4.53. The molecular formula is C22H24BrN3O2S. The van der Waals surface area contributed by atoms with Gasteiger partial charge in [0.2, 0.25) is 0 Å². The minimum Gasteiger partial charge on any atom is -0.379 e. The number of halogens is 1.